The minimum absolute atomic E-state index is 0.0487. The van der Waals surface area contributed by atoms with Gasteiger partial charge in [0.1, 0.15) is 22.8 Å². The van der Waals surface area contributed by atoms with Crippen molar-refractivity contribution in [3.05, 3.63) is 52.8 Å². The lowest BCUT2D eigenvalue weighted by Gasteiger charge is -2.09. The number of hydrogen-bond acceptors (Lipinski definition) is 7. The highest BCUT2D eigenvalue weighted by molar-refractivity contribution is 5.90. The number of nitrogens with zero attached hydrogens (tertiary/aromatic N) is 3. The number of hydrogen-bond donors (Lipinski definition) is 1. The van der Waals surface area contributed by atoms with Crippen molar-refractivity contribution in [2.45, 2.75) is 0 Å². The van der Waals surface area contributed by atoms with Gasteiger partial charge in [-0.05, 0) is 24.3 Å². The van der Waals surface area contributed by atoms with Gasteiger partial charge in [0.25, 0.3) is 11.4 Å². The molecule has 0 bridgehead atoms. The zero-order chi connectivity index (χ0) is 19.8. The Morgan fingerprint density at radius 2 is 1.89 bits per heavy atom. The van der Waals surface area contributed by atoms with Crippen molar-refractivity contribution in [1.82, 2.24) is 14.7 Å². The molecule has 4 aromatic rings. The van der Waals surface area contributed by atoms with Gasteiger partial charge in [0.15, 0.2) is 0 Å². The maximum absolute atomic E-state index is 12.8. The predicted molar refractivity (Wildman–Crippen MR) is 103 cm³/mol. The van der Waals surface area contributed by atoms with Gasteiger partial charge in [0.2, 0.25) is 5.82 Å². The average Bonchev–Trinajstić information content (AvgIpc) is 3.21. The zero-order valence-electron chi connectivity index (χ0n) is 15.5. The van der Waals surface area contributed by atoms with Crippen LogP contribution in [0, 0.1) is 0 Å². The van der Waals surface area contributed by atoms with Crippen molar-refractivity contribution in [3.63, 3.8) is 0 Å². The first-order chi connectivity index (χ1) is 13.5. The SMILES string of the molecule is COc1ccc(-c2noc(-c3c(O)c4ccccc4n(C)c3=O)n2)c(OC)c1. The fourth-order valence-corrected chi connectivity index (χ4v) is 3.09. The van der Waals surface area contributed by atoms with Gasteiger partial charge in [-0.1, -0.05) is 17.3 Å². The second kappa shape index (κ2) is 6.73. The first-order valence-corrected chi connectivity index (χ1v) is 8.42. The minimum Gasteiger partial charge on any atom is -0.506 e. The summed E-state index contributed by atoms with van der Waals surface area (Å²) >= 11 is 0. The molecule has 4 rings (SSSR count). The molecule has 0 amide bonds. The molecular formula is C20H17N3O5. The van der Waals surface area contributed by atoms with Crippen LogP contribution in [0.3, 0.4) is 0 Å². The fraction of sp³-hybridized carbons (Fsp3) is 0.150. The lowest BCUT2D eigenvalue weighted by Crippen LogP contribution is -2.19. The van der Waals surface area contributed by atoms with Crippen LogP contribution in [-0.2, 0) is 7.05 Å². The number of aromatic hydroxyl groups is 1. The molecule has 8 heteroatoms. The second-order valence-electron chi connectivity index (χ2n) is 6.09. The van der Waals surface area contributed by atoms with Crippen LogP contribution in [0.4, 0.5) is 0 Å². The van der Waals surface area contributed by atoms with Gasteiger partial charge in [0.05, 0.1) is 25.3 Å². The predicted octanol–water partition coefficient (Wildman–Crippen LogP) is 2.98. The molecule has 0 unspecified atom stereocenters. The molecule has 142 valence electrons. The highest BCUT2D eigenvalue weighted by Gasteiger charge is 2.23. The van der Waals surface area contributed by atoms with Gasteiger partial charge >= 0.3 is 0 Å². The van der Waals surface area contributed by atoms with Crippen LogP contribution in [0.1, 0.15) is 0 Å². The van der Waals surface area contributed by atoms with Crippen LogP contribution >= 0.6 is 0 Å². The maximum Gasteiger partial charge on any atom is 0.267 e. The molecule has 0 saturated carbocycles. The Hall–Kier alpha value is -3.81. The summed E-state index contributed by atoms with van der Waals surface area (Å²) in [7, 11) is 4.70. The molecule has 0 atom stereocenters. The van der Waals surface area contributed by atoms with Gasteiger partial charge in [-0.3, -0.25) is 4.79 Å². The zero-order valence-corrected chi connectivity index (χ0v) is 15.5. The average molecular weight is 379 g/mol. The van der Waals surface area contributed by atoms with Gasteiger partial charge in [-0.2, -0.15) is 4.98 Å². The molecule has 0 saturated heterocycles. The van der Waals surface area contributed by atoms with Gasteiger partial charge in [-0.25, -0.2) is 0 Å². The molecule has 2 heterocycles. The van der Waals surface area contributed by atoms with E-state index in [9.17, 15) is 9.90 Å². The van der Waals surface area contributed by atoms with Crippen LogP contribution in [0.25, 0.3) is 33.7 Å². The number of aryl methyl sites for hydroxylation is 1. The molecule has 0 aliphatic carbocycles. The van der Waals surface area contributed by atoms with E-state index in [0.29, 0.717) is 28.0 Å². The molecule has 0 spiro atoms. The van der Waals surface area contributed by atoms with E-state index < -0.39 is 5.56 Å². The van der Waals surface area contributed by atoms with Crippen molar-refractivity contribution < 1.29 is 19.1 Å². The van der Waals surface area contributed by atoms with Crippen LogP contribution < -0.4 is 15.0 Å². The smallest absolute Gasteiger partial charge is 0.267 e. The Bertz CT molecular complexity index is 1240. The number of methoxy groups -OCH3 is 2. The number of pyridine rings is 1. The van der Waals surface area contributed by atoms with Gasteiger partial charge in [0, 0.05) is 18.5 Å². The summed E-state index contributed by atoms with van der Waals surface area (Å²) in [5.41, 5.74) is 0.682. The topological polar surface area (TPSA) is 99.6 Å². The van der Waals surface area contributed by atoms with Crippen molar-refractivity contribution in [2.75, 3.05) is 14.2 Å². The third-order valence-corrected chi connectivity index (χ3v) is 4.57. The first-order valence-electron chi connectivity index (χ1n) is 8.42. The Kier molecular flexibility index (Phi) is 4.23. The molecule has 28 heavy (non-hydrogen) atoms. The van der Waals surface area contributed by atoms with Crippen molar-refractivity contribution >= 4 is 10.9 Å². The van der Waals surface area contributed by atoms with E-state index in [2.05, 4.69) is 10.1 Å². The van der Waals surface area contributed by atoms with E-state index in [1.54, 1.807) is 56.6 Å². The van der Waals surface area contributed by atoms with E-state index in [0.717, 1.165) is 0 Å². The second-order valence-corrected chi connectivity index (χ2v) is 6.09. The van der Waals surface area contributed by atoms with Crippen molar-refractivity contribution in [1.29, 1.82) is 0 Å². The number of para-hydroxylation sites is 1. The van der Waals surface area contributed by atoms with Crippen LogP contribution in [0.15, 0.2) is 51.8 Å². The lowest BCUT2D eigenvalue weighted by atomic mass is 10.1. The lowest BCUT2D eigenvalue weighted by molar-refractivity contribution is 0.394. The monoisotopic (exact) mass is 379 g/mol. The van der Waals surface area contributed by atoms with Gasteiger partial charge < -0.3 is 23.7 Å². The van der Waals surface area contributed by atoms with Crippen LogP contribution in [0.5, 0.6) is 17.2 Å². The summed E-state index contributed by atoms with van der Waals surface area (Å²) in [6.07, 6.45) is 0. The number of ether oxygens (including phenoxy) is 2. The Morgan fingerprint density at radius 3 is 2.64 bits per heavy atom. The third-order valence-electron chi connectivity index (χ3n) is 4.57. The highest BCUT2D eigenvalue weighted by atomic mass is 16.5. The van der Waals surface area contributed by atoms with Gasteiger partial charge in [-0.15, -0.1) is 0 Å². The quantitative estimate of drug-likeness (QED) is 0.582. The molecule has 1 N–H and O–H groups in total. The van der Waals surface area contributed by atoms with E-state index in [1.807, 2.05) is 0 Å². The standard InChI is InChI=1S/C20H17N3O5/c1-23-14-7-5-4-6-12(14)17(24)16(20(23)25)19-21-18(22-28-19)13-9-8-11(26-2)10-15(13)27-3/h4-10,24H,1-3H3. The highest BCUT2D eigenvalue weighted by Crippen LogP contribution is 2.35. The Labute approximate surface area is 159 Å². The molecule has 8 nitrogen and oxygen atoms in total. The Morgan fingerprint density at radius 1 is 1.11 bits per heavy atom. The third kappa shape index (κ3) is 2.66. The number of aromatic nitrogens is 3. The van der Waals surface area contributed by atoms with E-state index >= 15 is 0 Å². The van der Waals surface area contributed by atoms with E-state index in [4.69, 9.17) is 14.0 Å². The fourth-order valence-electron chi connectivity index (χ4n) is 3.09. The molecule has 0 aliphatic heterocycles. The summed E-state index contributed by atoms with van der Waals surface area (Å²) in [4.78, 5) is 17.1. The summed E-state index contributed by atoms with van der Waals surface area (Å²) in [6.45, 7) is 0. The van der Waals surface area contributed by atoms with Crippen molar-refractivity contribution in [3.8, 4) is 40.1 Å². The number of benzene rings is 2. The Balaban J connectivity index is 1.89. The van der Waals surface area contributed by atoms with Crippen molar-refractivity contribution in [2.24, 2.45) is 7.05 Å². The van der Waals surface area contributed by atoms with E-state index in [-0.39, 0.29) is 23.0 Å². The maximum atomic E-state index is 12.8. The molecule has 0 aliphatic rings. The first kappa shape index (κ1) is 17.6. The van der Waals surface area contributed by atoms with E-state index in [1.165, 1.54) is 11.7 Å². The summed E-state index contributed by atoms with van der Waals surface area (Å²) < 4.78 is 17.3. The molecule has 0 radical (unpaired) electrons. The summed E-state index contributed by atoms with van der Waals surface area (Å²) in [6, 6.07) is 12.2. The summed E-state index contributed by atoms with van der Waals surface area (Å²) in [5.74, 6) is 1.06. The largest absolute Gasteiger partial charge is 0.506 e. The molecule has 2 aromatic carbocycles. The normalized spacial score (nSPS) is 11.0. The molecule has 0 fully saturated rings. The number of fused-ring (bicyclic) bond motifs is 1. The summed E-state index contributed by atoms with van der Waals surface area (Å²) in [5, 5.41) is 15.1. The molecule has 2 aromatic heterocycles. The molecular weight excluding hydrogens is 362 g/mol. The minimum atomic E-state index is -0.437. The van der Waals surface area contributed by atoms with Crippen LogP contribution in [-0.4, -0.2) is 34.0 Å². The van der Waals surface area contributed by atoms with Crippen LogP contribution in [0.2, 0.25) is 0 Å². The number of rotatable bonds is 4.